The zero-order chi connectivity index (χ0) is 14.6. The van der Waals surface area contributed by atoms with Crippen molar-refractivity contribution in [3.05, 3.63) is 28.8 Å². The van der Waals surface area contributed by atoms with Crippen molar-refractivity contribution in [3.8, 4) is 18.1 Å². The molecule has 0 aliphatic carbocycles. The quantitative estimate of drug-likeness (QED) is 0.722. The summed E-state index contributed by atoms with van der Waals surface area (Å²) in [6.45, 7) is 13.6. The molecule has 0 saturated carbocycles. The Labute approximate surface area is 118 Å². The highest BCUT2D eigenvalue weighted by molar-refractivity contribution is 5.48. The lowest BCUT2D eigenvalue weighted by atomic mass is 9.83. The Morgan fingerprint density at radius 3 is 2.42 bits per heavy atom. The van der Waals surface area contributed by atoms with Gasteiger partial charge in [-0.3, -0.25) is 0 Å². The molecule has 1 heteroatoms. The maximum atomic E-state index is 5.93. The molecule has 0 aromatic heterocycles. The molecule has 0 fully saturated rings. The molecule has 1 nitrogen and oxygen atoms in total. The molecule has 0 spiro atoms. The predicted molar refractivity (Wildman–Crippen MR) is 82.7 cm³/mol. The molecule has 0 heterocycles. The van der Waals surface area contributed by atoms with E-state index < -0.39 is 0 Å². The minimum Gasteiger partial charge on any atom is -0.493 e. The fourth-order valence-electron chi connectivity index (χ4n) is 2.26. The summed E-state index contributed by atoms with van der Waals surface area (Å²) in [4.78, 5) is 0. The summed E-state index contributed by atoms with van der Waals surface area (Å²) in [6.07, 6.45) is 6.39. The number of hydrogen-bond acceptors (Lipinski definition) is 1. The number of ether oxygens (including phenoxy) is 1. The van der Waals surface area contributed by atoms with Crippen molar-refractivity contribution in [1.82, 2.24) is 0 Å². The molecule has 1 aromatic rings. The largest absolute Gasteiger partial charge is 0.493 e. The van der Waals surface area contributed by atoms with Crippen LogP contribution in [0.25, 0.3) is 0 Å². The second-order valence-electron chi connectivity index (χ2n) is 6.26. The monoisotopic (exact) mass is 258 g/mol. The van der Waals surface area contributed by atoms with E-state index in [1.165, 1.54) is 16.7 Å². The first-order valence-corrected chi connectivity index (χ1v) is 7.02. The zero-order valence-electron chi connectivity index (χ0n) is 13.1. The van der Waals surface area contributed by atoms with Gasteiger partial charge in [0.1, 0.15) is 5.75 Å². The van der Waals surface area contributed by atoms with Crippen molar-refractivity contribution < 1.29 is 4.74 Å². The number of terminal acetylenes is 1. The highest BCUT2D eigenvalue weighted by atomic mass is 16.5. The number of hydrogen-bond donors (Lipinski definition) is 0. The Morgan fingerprint density at radius 1 is 1.32 bits per heavy atom. The van der Waals surface area contributed by atoms with Gasteiger partial charge < -0.3 is 4.74 Å². The molecule has 0 aliphatic rings. The maximum Gasteiger partial charge on any atom is 0.126 e. The fraction of sp³-hybridized carbons (Fsp3) is 0.556. The van der Waals surface area contributed by atoms with E-state index in [0.717, 1.165) is 12.2 Å². The van der Waals surface area contributed by atoms with Crippen molar-refractivity contribution in [2.45, 2.75) is 53.4 Å². The van der Waals surface area contributed by atoms with Gasteiger partial charge in [0, 0.05) is 11.5 Å². The van der Waals surface area contributed by atoms with Gasteiger partial charge in [-0.05, 0) is 31.2 Å². The van der Waals surface area contributed by atoms with Crippen molar-refractivity contribution in [1.29, 1.82) is 0 Å². The van der Waals surface area contributed by atoms with Crippen molar-refractivity contribution in [3.63, 3.8) is 0 Å². The third kappa shape index (κ3) is 4.03. The standard InChI is InChI=1S/C18H26O/c1-8-13(3)10-15-11-14(4)12-16(18(5,6)7)17(15)19-9-2/h1,11-13H,9-10H2,2-7H3. The summed E-state index contributed by atoms with van der Waals surface area (Å²) in [5.74, 6) is 4.07. The van der Waals surface area contributed by atoms with E-state index in [-0.39, 0.29) is 11.3 Å². The summed E-state index contributed by atoms with van der Waals surface area (Å²) in [5.41, 5.74) is 3.85. The van der Waals surface area contributed by atoms with E-state index in [1.807, 2.05) is 6.92 Å². The molecule has 0 radical (unpaired) electrons. The molecule has 1 rings (SSSR count). The fourth-order valence-corrected chi connectivity index (χ4v) is 2.26. The highest BCUT2D eigenvalue weighted by Crippen LogP contribution is 2.36. The van der Waals surface area contributed by atoms with Crippen LogP contribution in [-0.2, 0) is 11.8 Å². The number of rotatable bonds is 4. The molecular weight excluding hydrogens is 232 g/mol. The van der Waals surface area contributed by atoms with Crippen molar-refractivity contribution >= 4 is 0 Å². The minimum absolute atomic E-state index is 0.0741. The summed E-state index contributed by atoms with van der Waals surface area (Å²) < 4.78 is 5.93. The lowest BCUT2D eigenvalue weighted by Gasteiger charge is -2.26. The Balaban J connectivity index is 3.36. The van der Waals surface area contributed by atoms with Crippen molar-refractivity contribution in [2.24, 2.45) is 5.92 Å². The van der Waals surface area contributed by atoms with Crippen LogP contribution in [0.2, 0.25) is 0 Å². The molecule has 1 aromatic carbocycles. The zero-order valence-corrected chi connectivity index (χ0v) is 13.1. The number of aryl methyl sites for hydroxylation is 1. The average Bonchev–Trinajstić information content (AvgIpc) is 2.30. The van der Waals surface area contributed by atoms with Crippen LogP contribution in [0.15, 0.2) is 12.1 Å². The third-order valence-corrected chi connectivity index (χ3v) is 3.22. The lowest BCUT2D eigenvalue weighted by Crippen LogP contribution is -2.16. The van der Waals surface area contributed by atoms with Crippen LogP contribution in [0.1, 0.15) is 51.3 Å². The first-order valence-electron chi connectivity index (χ1n) is 7.02. The minimum atomic E-state index is 0.0741. The molecule has 0 amide bonds. The molecule has 104 valence electrons. The topological polar surface area (TPSA) is 9.23 Å². The Hall–Kier alpha value is -1.42. The average molecular weight is 258 g/mol. The molecule has 19 heavy (non-hydrogen) atoms. The van der Waals surface area contributed by atoms with Crippen LogP contribution in [0.5, 0.6) is 5.75 Å². The summed E-state index contributed by atoms with van der Waals surface area (Å²) in [7, 11) is 0. The molecular formula is C18H26O. The van der Waals surface area contributed by atoms with Crippen molar-refractivity contribution in [2.75, 3.05) is 6.61 Å². The van der Waals surface area contributed by atoms with Crippen LogP contribution in [0.4, 0.5) is 0 Å². The molecule has 0 N–H and O–H groups in total. The highest BCUT2D eigenvalue weighted by Gasteiger charge is 2.22. The van der Waals surface area contributed by atoms with Gasteiger partial charge in [-0.25, -0.2) is 0 Å². The molecule has 1 atom stereocenters. The normalized spacial score (nSPS) is 12.9. The molecule has 0 aliphatic heterocycles. The van der Waals surface area contributed by atoms with Crippen LogP contribution in [0.3, 0.4) is 0 Å². The van der Waals surface area contributed by atoms with Gasteiger partial charge in [0.25, 0.3) is 0 Å². The first-order chi connectivity index (χ1) is 8.79. The SMILES string of the molecule is C#CC(C)Cc1cc(C)cc(C(C)(C)C)c1OCC. The second kappa shape index (κ2) is 6.15. The van der Waals surface area contributed by atoms with E-state index in [4.69, 9.17) is 11.2 Å². The summed E-state index contributed by atoms with van der Waals surface area (Å²) in [6, 6.07) is 4.43. The summed E-state index contributed by atoms with van der Waals surface area (Å²) in [5, 5.41) is 0. The molecule has 1 unspecified atom stereocenters. The first kappa shape index (κ1) is 15.6. The van der Waals surface area contributed by atoms with E-state index in [9.17, 15) is 0 Å². The van der Waals surface area contributed by atoms with Gasteiger partial charge in [0.2, 0.25) is 0 Å². The van der Waals surface area contributed by atoms with Crippen LogP contribution < -0.4 is 4.74 Å². The van der Waals surface area contributed by atoms with Crippen LogP contribution >= 0.6 is 0 Å². The summed E-state index contributed by atoms with van der Waals surface area (Å²) >= 11 is 0. The Bertz CT molecular complexity index is 472. The van der Waals surface area contributed by atoms with E-state index in [0.29, 0.717) is 6.61 Å². The third-order valence-electron chi connectivity index (χ3n) is 3.22. The number of benzene rings is 1. The Morgan fingerprint density at radius 2 is 1.95 bits per heavy atom. The molecule has 0 bridgehead atoms. The second-order valence-corrected chi connectivity index (χ2v) is 6.26. The lowest BCUT2D eigenvalue weighted by molar-refractivity contribution is 0.325. The van der Waals surface area contributed by atoms with Crippen LogP contribution in [-0.4, -0.2) is 6.61 Å². The van der Waals surface area contributed by atoms with Crippen LogP contribution in [0, 0.1) is 25.2 Å². The van der Waals surface area contributed by atoms with E-state index in [1.54, 1.807) is 0 Å². The van der Waals surface area contributed by atoms with Gasteiger partial charge in [-0.15, -0.1) is 12.3 Å². The van der Waals surface area contributed by atoms with Gasteiger partial charge in [-0.1, -0.05) is 45.4 Å². The predicted octanol–water partition coefficient (Wildman–Crippen LogP) is 4.50. The molecule has 0 saturated heterocycles. The maximum absolute atomic E-state index is 5.93. The van der Waals surface area contributed by atoms with Gasteiger partial charge in [0.05, 0.1) is 6.61 Å². The van der Waals surface area contributed by atoms with E-state index in [2.05, 4.69) is 52.7 Å². The van der Waals surface area contributed by atoms with Gasteiger partial charge in [-0.2, -0.15) is 0 Å². The van der Waals surface area contributed by atoms with Gasteiger partial charge >= 0.3 is 0 Å². The smallest absolute Gasteiger partial charge is 0.126 e. The van der Waals surface area contributed by atoms with Gasteiger partial charge in [0.15, 0.2) is 0 Å². The van der Waals surface area contributed by atoms with E-state index >= 15 is 0 Å². The Kier molecular flexibility index (Phi) is 5.06.